The first kappa shape index (κ1) is 13.1. The van der Waals surface area contributed by atoms with Gasteiger partial charge in [-0.2, -0.15) is 0 Å². The van der Waals surface area contributed by atoms with Gasteiger partial charge in [-0.25, -0.2) is 4.98 Å². The Morgan fingerprint density at radius 3 is 2.77 bits per heavy atom. The van der Waals surface area contributed by atoms with E-state index in [4.69, 9.17) is 15.1 Å². The second-order valence-electron chi connectivity index (χ2n) is 4.90. The maximum Gasteiger partial charge on any atom is 0.196 e. The minimum Gasteiger partial charge on any atom is -0.463 e. The van der Waals surface area contributed by atoms with E-state index in [9.17, 15) is 0 Å². The normalized spacial score (nSPS) is 11.3. The number of rotatable bonds is 3. The average molecular weight is 310 g/mol. The van der Waals surface area contributed by atoms with Crippen LogP contribution in [0, 0.1) is 0 Å². The molecule has 0 atom stereocenters. The second-order valence-corrected chi connectivity index (χ2v) is 5.97. The van der Waals surface area contributed by atoms with Crippen molar-refractivity contribution >= 4 is 22.1 Å². The van der Waals surface area contributed by atoms with Crippen LogP contribution in [-0.2, 0) is 6.42 Å². The standard InChI is InChI=1S/C16H14N4OS/c1-2-12-14(11-4-3-9-21-11)20-15(17)13(19-16(20)22-12)10-5-7-18-8-6-10/h3-9H,2,17H2,1H3. The molecule has 4 aromatic heterocycles. The molecule has 5 nitrogen and oxygen atoms in total. The second kappa shape index (κ2) is 4.99. The van der Waals surface area contributed by atoms with Crippen LogP contribution in [-0.4, -0.2) is 14.4 Å². The van der Waals surface area contributed by atoms with Gasteiger partial charge >= 0.3 is 0 Å². The molecule has 0 radical (unpaired) electrons. The molecule has 0 amide bonds. The number of fused-ring (bicyclic) bond motifs is 1. The van der Waals surface area contributed by atoms with Crippen molar-refractivity contribution in [3.63, 3.8) is 0 Å². The Kier molecular flexibility index (Phi) is 2.97. The summed E-state index contributed by atoms with van der Waals surface area (Å²) < 4.78 is 7.58. The van der Waals surface area contributed by atoms with Gasteiger partial charge < -0.3 is 10.2 Å². The van der Waals surface area contributed by atoms with Crippen molar-refractivity contribution in [2.24, 2.45) is 0 Å². The van der Waals surface area contributed by atoms with Crippen LogP contribution in [0.15, 0.2) is 47.3 Å². The molecular weight excluding hydrogens is 296 g/mol. The molecule has 0 aromatic carbocycles. The first-order valence-electron chi connectivity index (χ1n) is 7.03. The van der Waals surface area contributed by atoms with Gasteiger partial charge in [0.25, 0.3) is 0 Å². The summed E-state index contributed by atoms with van der Waals surface area (Å²) in [5.41, 5.74) is 9.14. The highest BCUT2D eigenvalue weighted by Gasteiger charge is 2.21. The minimum absolute atomic E-state index is 0.628. The van der Waals surface area contributed by atoms with E-state index >= 15 is 0 Å². The summed E-state index contributed by atoms with van der Waals surface area (Å²) in [5.74, 6) is 1.44. The van der Waals surface area contributed by atoms with Crippen molar-refractivity contribution in [2.75, 3.05) is 5.73 Å². The SMILES string of the molecule is CCc1sc2nc(-c3ccncc3)c(N)n2c1-c1ccco1. The average Bonchev–Trinajstić information content (AvgIpc) is 3.25. The van der Waals surface area contributed by atoms with E-state index in [1.807, 2.05) is 28.7 Å². The van der Waals surface area contributed by atoms with Crippen LogP contribution in [0.25, 0.3) is 27.7 Å². The molecule has 0 fully saturated rings. The molecule has 4 rings (SSSR count). The summed E-state index contributed by atoms with van der Waals surface area (Å²) in [6.07, 6.45) is 6.07. The summed E-state index contributed by atoms with van der Waals surface area (Å²) in [6.45, 7) is 2.12. The molecule has 0 saturated heterocycles. The highest BCUT2D eigenvalue weighted by Crippen LogP contribution is 2.38. The van der Waals surface area contributed by atoms with Crippen LogP contribution < -0.4 is 5.73 Å². The molecule has 22 heavy (non-hydrogen) atoms. The van der Waals surface area contributed by atoms with E-state index in [1.165, 1.54) is 4.88 Å². The van der Waals surface area contributed by atoms with Gasteiger partial charge in [0.2, 0.25) is 0 Å². The van der Waals surface area contributed by atoms with Gasteiger partial charge in [-0.1, -0.05) is 6.92 Å². The van der Waals surface area contributed by atoms with Gasteiger partial charge in [0.05, 0.1) is 6.26 Å². The number of imidazole rings is 1. The van der Waals surface area contributed by atoms with Gasteiger partial charge in [-0.05, 0) is 30.7 Å². The summed E-state index contributed by atoms with van der Waals surface area (Å²) in [6, 6.07) is 7.66. The van der Waals surface area contributed by atoms with Gasteiger partial charge in [-0.3, -0.25) is 9.38 Å². The quantitative estimate of drug-likeness (QED) is 0.624. The Hall–Kier alpha value is -2.60. The summed E-state index contributed by atoms with van der Waals surface area (Å²) in [7, 11) is 0. The number of nitrogens with two attached hydrogens (primary N) is 1. The monoisotopic (exact) mass is 310 g/mol. The zero-order chi connectivity index (χ0) is 15.1. The number of anilines is 1. The molecule has 0 aliphatic rings. The third-order valence-corrected chi connectivity index (χ3v) is 4.80. The maximum absolute atomic E-state index is 6.39. The third kappa shape index (κ3) is 1.84. The molecule has 0 unspecified atom stereocenters. The van der Waals surface area contributed by atoms with Crippen LogP contribution in [0.1, 0.15) is 11.8 Å². The topological polar surface area (TPSA) is 69.3 Å². The Morgan fingerprint density at radius 2 is 2.09 bits per heavy atom. The largest absolute Gasteiger partial charge is 0.463 e. The molecule has 0 bridgehead atoms. The number of hydrogen-bond donors (Lipinski definition) is 1. The van der Waals surface area contributed by atoms with E-state index in [0.29, 0.717) is 5.82 Å². The number of furan rings is 1. The smallest absolute Gasteiger partial charge is 0.196 e. The van der Waals surface area contributed by atoms with E-state index in [1.54, 1.807) is 30.0 Å². The molecular formula is C16H14N4OS. The molecule has 0 saturated carbocycles. The maximum atomic E-state index is 6.39. The zero-order valence-corrected chi connectivity index (χ0v) is 12.8. The lowest BCUT2D eigenvalue weighted by Gasteiger charge is -2.03. The highest BCUT2D eigenvalue weighted by molar-refractivity contribution is 7.17. The number of pyridine rings is 1. The number of hydrogen-bond acceptors (Lipinski definition) is 5. The lowest BCUT2D eigenvalue weighted by atomic mass is 10.2. The van der Waals surface area contributed by atoms with Crippen molar-refractivity contribution in [1.29, 1.82) is 0 Å². The van der Waals surface area contributed by atoms with Crippen molar-refractivity contribution in [3.05, 3.63) is 47.8 Å². The van der Waals surface area contributed by atoms with Gasteiger partial charge in [0, 0.05) is 22.8 Å². The Balaban J connectivity index is 2.01. The molecule has 0 aliphatic heterocycles. The molecule has 0 aliphatic carbocycles. The number of aromatic nitrogens is 3. The molecule has 4 heterocycles. The van der Waals surface area contributed by atoms with Crippen molar-refractivity contribution in [2.45, 2.75) is 13.3 Å². The fourth-order valence-corrected chi connectivity index (χ4v) is 3.67. The van der Waals surface area contributed by atoms with Gasteiger partial charge in [0.1, 0.15) is 17.2 Å². The first-order valence-corrected chi connectivity index (χ1v) is 7.85. The number of aryl methyl sites for hydroxylation is 1. The lowest BCUT2D eigenvalue weighted by Crippen LogP contribution is -1.96. The van der Waals surface area contributed by atoms with Crippen LogP contribution in [0.5, 0.6) is 0 Å². The highest BCUT2D eigenvalue weighted by atomic mass is 32.1. The Labute approximate surface area is 131 Å². The predicted octanol–water partition coefficient (Wildman–Crippen LogP) is 3.86. The number of nitrogen functional groups attached to an aromatic ring is 1. The van der Waals surface area contributed by atoms with Crippen molar-refractivity contribution in [3.8, 4) is 22.7 Å². The fourth-order valence-electron chi connectivity index (χ4n) is 2.60. The summed E-state index contributed by atoms with van der Waals surface area (Å²) >= 11 is 1.65. The fraction of sp³-hybridized carbons (Fsp3) is 0.125. The lowest BCUT2D eigenvalue weighted by molar-refractivity contribution is 0.579. The Bertz CT molecular complexity index is 922. The van der Waals surface area contributed by atoms with Crippen LogP contribution in [0.3, 0.4) is 0 Å². The van der Waals surface area contributed by atoms with Crippen molar-refractivity contribution < 1.29 is 4.42 Å². The molecule has 2 N–H and O–H groups in total. The van der Waals surface area contributed by atoms with Crippen LogP contribution in [0.2, 0.25) is 0 Å². The zero-order valence-electron chi connectivity index (χ0n) is 12.0. The molecule has 110 valence electrons. The molecule has 6 heteroatoms. The predicted molar refractivity (Wildman–Crippen MR) is 87.8 cm³/mol. The van der Waals surface area contributed by atoms with E-state index in [0.717, 1.165) is 34.1 Å². The van der Waals surface area contributed by atoms with Crippen LogP contribution >= 0.6 is 11.3 Å². The van der Waals surface area contributed by atoms with E-state index in [-0.39, 0.29) is 0 Å². The summed E-state index contributed by atoms with van der Waals surface area (Å²) in [4.78, 5) is 10.8. The first-order chi connectivity index (χ1) is 10.8. The molecule has 0 spiro atoms. The summed E-state index contributed by atoms with van der Waals surface area (Å²) in [5, 5.41) is 0. The number of nitrogens with zero attached hydrogens (tertiary/aromatic N) is 3. The third-order valence-electron chi connectivity index (χ3n) is 3.61. The number of thiazole rings is 1. The van der Waals surface area contributed by atoms with Crippen LogP contribution in [0.4, 0.5) is 5.82 Å². The van der Waals surface area contributed by atoms with Gasteiger partial charge in [-0.15, -0.1) is 11.3 Å². The van der Waals surface area contributed by atoms with E-state index in [2.05, 4.69) is 11.9 Å². The molecule has 4 aromatic rings. The Morgan fingerprint density at radius 1 is 1.27 bits per heavy atom. The van der Waals surface area contributed by atoms with Gasteiger partial charge in [0.15, 0.2) is 10.7 Å². The van der Waals surface area contributed by atoms with Crippen molar-refractivity contribution in [1.82, 2.24) is 14.4 Å². The minimum atomic E-state index is 0.628. The van der Waals surface area contributed by atoms with E-state index < -0.39 is 0 Å².